The van der Waals surface area contributed by atoms with E-state index >= 15 is 0 Å². The highest BCUT2D eigenvalue weighted by Crippen LogP contribution is 2.48. The van der Waals surface area contributed by atoms with Gasteiger partial charge >= 0.3 is 5.69 Å². The zero-order chi connectivity index (χ0) is 13.6. The maximum Gasteiger partial charge on any atom is 0.325 e. The molecule has 1 aliphatic carbocycles. The summed E-state index contributed by atoms with van der Waals surface area (Å²) >= 11 is 6.03. The molecule has 0 aliphatic heterocycles. The Kier molecular flexibility index (Phi) is 2.74. The van der Waals surface area contributed by atoms with Gasteiger partial charge in [0.2, 0.25) is 0 Å². The van der Waals surface area contributed by atoms with E-state index in [2.05, 4.69) is 27.1 Å². The number of nitrogens with one attached hydrogen (secondary N) is 2. The lowest BCUT2D eigenvalue weighted by Gasteiger charge is -2.04. The van der Waals surface area contributed by atoms with Crippen LogP contribution < -0.4 is 11.2 Å². The van der Waals surface area contributed by atoms with Crippen LogP contribution in [0.25, 0.3) is 11.3 Å². The molecule has 0 unspecified atom stereocenters. The molecule has 7 heteroatoms. The average Bonchev–Trinajstić information content (AvgIpc) is 3.07. The van der Waals surface area contributed by atoms with Crippen LogP contribution >= 0.6 is 11.6 Å². The number of H-pyrrole nitrogens is 2. The Morgan fingerprint density at radius 2 is 2.11 bits per heavy atom. The summed E-state index contributed by atoms with van der Waals surface area (Å²) in [5, 5.41) is 8.17. The van der Waals surface area contributed by atoms with Gasteiger partial charge in [0.05, 0.1) is 5.56 Å². The summed E-state index contributed by atoms with van der Waals surface area (Å²) in [4.78, 5) is 27.3. The van der Waals surface area contributed by atoms with E-state index in [1.165, 1.54) is 6.20 Å². The average molecular weight is 279 g/mol. The number of aromatic nitrogens is 4. The van der Waals surface area contributed by atoms with Crippen LogP contribution in [0.2, 0.25) is 5.15 Å². The molecule has 2 aromatic heterocycles. The molecule has 0 saturated heterocycles. The van der Waals surface area contributed by atoms with Crippen molar-refractivity contribution in [2.75, 3.05) is 0 Å². The summed E-state index contributed by atoms with van der Waals surface area (Å²) in [6.45, 7) is 2.13. The molecule has 1 fully saturated rings. The van der Waals surface area contributed by atoms with Crippen LogP contribution in [0.15, 0.2) is 21.9 Å². The van der Waals surface area contributed by atoms with Gasteiger partial charge < -0.3 is 4.98 Å². The summed E-state index contributed by atoms with van der Waals surface area (Å²) in [6, 6.07) is 1.77. The number of hydrogen-bond acceptors (Lipinski definition) is 4. The highest BCUT2D eigenvalue weighted by molar-refractivity contribution is 6.30. The van der Waals surface area contributed by atoms with Crippen LogP contribution in [-0.4, -0.2) is 20.2 Å². The van der Waals surface area contributed by atoms with Gasteiger partial charge in [-0.25, -0.2) is 4.79 Å². The van der Waals surface area contributed by atoms with Crippen molar-refractivity contribution in [1.29, 1.82) is 0 Å². The first-order valence-electron chi connectivity index (χ1n) is 5.91. The second-order valence-corrected chi connectivity index (χ2v) is 5.14. The van der Waals surface area contributed by atoms with Crippen LogP contribution in [0.5, 0.6) is 0 Å². The predicted molar refractivity (Wildman–Crippen MR) is 70.2 cm³/mol. The molecule has 0 aromatic carbocycles. The van der Waals surface area contributed by atoms with E-state index in [9.17, 15) is 9.59 Å². The van der Waals surface area contributed by atoms with E-state index in [1.54, 1.807) is 6.07 Å². The monoisotopic (exact) mass is 278 g/mol. The van der Waals surface area contributed by atoms with Crippen LogP contribution in [0, 0.1) is 5.92 Å². The molecule has 0 radical (unpaired) electrons. The first-order valence-corrected chi connectivity index (χ1v) is 6.29. The van der Waals surface area contributed by atoms with Gasteiger partial charge in [-0.05, 0) is 29.9 Å². The standard InChI is InChI=1S/C12H11ClN4O2/c1-5-2-6(5)7-3-9(16-17-10(7)13)8-4-14-12(19)15-11(8)18/h3-6H,2H2,1H3,(H2,14,15,18,19)/t5-,6-/m0/s1. The minimum Gasteiger partial charge on any atom is -0.313 e. The van der Waals surface area contributed by atoms with E-state index in [4.69, 9.17) is 11.6 Å². The SMILES string of the molecule is C[C@H]1C[C@@H]1c1cc(-c2c[nH]c(=O)[nH]c2=O)nnc1Cl. The van der Waals surface area contributed by atoms with Crippen LogP contribution in [-0.2, 0) is 0 Å². The van der Waals surface area contributed by atoms with E-state index in [1.807, 2.05) is 0 Å². The quantitative estimate of drug-likeness (QED) is 0.866. The van der Waals surface area contributed by atoms with E-state index in [0.717, 1.165) is 12.0 Å². The predicted octanol–water partition coefficient (Wildman–Crippen LogP) is 1.30. The lowest BCUT2D eigenvalue weighted by Crippen LogP contribution is -2.22. The third kappa shape index (κ3) is 2.19. The van der Waals surface area contributed by atoms with Crippen molar-refractivity contribution in [2.45, 2.75) is 19.3 Å². The molecule has 3 rings (SSSR count). The molecule has 0 bridgehead atoms. The molecule has 98 valence electrons. The molecule has 1 saturated carbocycles. The Labute approximate surface area is 112 Å². The van der Waals surface area contributed by atoms with Crippen LogP contribution in [0.3, 0.4) is 0 Å². The van der Waals surface area contributed by atoms with E-state index in [-0.39, 0.29) is 5.56 Å². The third-order valence-corrected chi connectivity index (χ3v) is 3.67. The highest BCUT2D eigenvalue weighted by Gasteiger charge is 2.36. The van der Waals surface area contributed by atoms with Gasteiger partial charge in [0.1, 0.15) is 5.69 Å². The van der Waals surface area contributed by atoms with Gasteiger partial charge in [-0.3, -0.25) is 9.78 Å². The smallest absolute Gasteiger partial charge is 0.313 e. The van der Waals surface area contributed by atoms with E-state index < -0.39 is 11.2 Å². The van der Waals surface area contributed by atoms with Gasteiger partial charge in [0.25, 0.3) is 5.56 Å². The molecule has 2 N–H and O–H groups in total. The Bertz CT molecular complexity index is 752. The largest absolute Gasteiger partial charge is 0.325 e. The van der Waals surface area contributed by atoms with Crippen LogP contribution in [0.1, 0.15) is 24.8 Å². The maximum atomic E-state index is 11.7. The summed E-state index contributed by atoms with van der Waals surface area (Å²) in [7, 11) is 0. The number of halogens is 1. The molecule has 0 spiro atoms. The summed E-state index contributed by atoms with van der Waals surface area (Å²) in [6.07, 6.45) is 2.39. The maximum absolute atomic E-state index is 11.7. The highest BCUT2D eigenvalue weighted by atomic mass is 35.5. The van der Waals surface area contributed by atoms with Crippen molar-refractivity contribution < 1.29 is 0 Å². The molecular weight excluding hydrogens is 268 g/mol. The fourth-order valence-corrected chi connectivity index (χ4v) is 2.37. The summed E-state index contributed by atoms with van der Waals surface area (Å²) < 4.78 is 0. The van der Waals surface area contributed by atoms with E-state index in [0.29, 0.717) is 22.7 Å². The van der Waals surface area contributed by atoms with Gasteiger partial charge in [-0.15, -0.1) is 10.2 Å². The number of rotatable bonds is 2. The van der Waals surface area contributed by atoms with Gasteiger partial charge in [-0.2, -0.15) is 0 Å². The Balaban J connectivity index is 2.11. The molecular formula is C12H11ClN4O2. The van der Waals surface area contributed by atoms with Crippen LogP contribution in [0.4, 0.5) is 0 Å². The molecule has 2 heterocycles. The number of nitrogens with zero attached hydrogens (tertiary/aromatic N) is 2. The zero-order valence-electron chi connectivity index (χ0n) is 10.1. The fourth-order valence-electron chi connectivity index (χ4n) is 2.14. The lowest BCUT2D eigenvalue weighted by molar-refractivity contribution is 0.894. The molecule has 6 nitrogen and oxygen atoms in total. The number of hydrogen-bond donors (Lipinski definition) is 2. The van der Waals surface area contributed by atoms with Crippen molar-refractivity contribution in [3.63, 3.8) is 0 Å². The Morgan fingerprint density at radius 1 is 1.37 bits per heavy atom. The van der Waals surface area contributed by atoms with Crippen molar-refractivity contribution in [3.05, 3.63) is 43.8 Å². The van der Waals surface area contributed by atoms with Crippen molar-refractivity contribution in [2.24, 2.45) is 5.92 Å². The normalized spacial score (nSPS) is 21.4. The van der Waals surface area contributed by atoms with Crippen molar-refractivity contribution >= 4 is 11.6 Å². The van der Waals surface area contributed by atoms with Gasteiger partial charge in [0, 0.05) is 6.20 Å². The second-order valence-electron chi connectivity index (χ2n) is 4.78. The Morgan fingerprint density at radius 3 is 2.74 bits per heavy atom. The summed E-state index contributed by atoms with van der Waals surface area (Å²) in [5.74, 6) is 0.951. The fraction of sp³-hybridized carbons (Fsp3) is 0.333. The Hall–Kier alpha value is -1.95. The molecule has 19 heavy (non-hydrogen) atoms. The van der Waals surface area contributed by atoms with Crippen molar-refractivity contribution in [3.8, 4) is 11.3 Å². The van der Waals surface area contributed by atoms with Crippen molar-refractivity contribution in [1.82, 2.24) is 20.2 Å². The lowest BCUT2D eigenvalue weighted by atomic mass is 10.1. The third-order valence-electron chi connectivity index (χ3n) is 3.38. The molecule has 2 atom stereocenters. The number of aromatic amines is 2. The summed E-state index contributed by atoms with van der Waals surface area (Å²) in [5.41, 5.74) is 0.556. The zero-order valence-corrected chi connectivity index (χ0v) is 10.9. The molecule has 0 amide bonds. The van der Waals surface area contributed by atoms with Gasteiger partial charge in [-0.1, -0.05) is 18.5 Å². The first kappa shape index (κ1) is 12.1. The minimum absolute atomic E-state index is 0.276. The topological polar surface area (TPSA) is 91.5 Å². The molecule has 1 aliphatic rings. The minimum atomic E-state index is -0.549. The molecule has 2 aromatic rings. The van der Waals surface area contributed by atoms with Gasteiger partial charge in [0.15, 0.2) is 5.15 Å². The first-order chi connectivity index (χ1) is 9.06. The second kappa shape index (κ2) is 4.31.